The Morgan fingerprint density at radius 1 is 0.789 bits per heavy atom. The van der Waals surface area contributed by atoms with E-state index >= 15 is 0 Å². The summed E-state index contributed by atoms with van der Waals surface area (Å²) in [5, 5.41) is 98.4. The molecule has 2 aliphatic heterocycles. The van der Waals surface area contributed by atoms with Crippen LogP contribution in [-0.2, 0) is 28.5 Å². The van der Waals surface area contributed by atoms with Crippen LogP contribution in [0.25, 0.3) is 0 Å². The number of carbonyl (C=O) groups is 1. The van der Waals surface area contributed by atoms with Crippen LogP contribution in [0.5, 0.6) is 0 Å². The monoisotopic (exact) mass is 812 g/mol. The maximum absolute atomic E-state index is 12.8. The minimum Gasteiger partial charge on any atom is -0.467 e. The molecule has 0 radical (unpaired) electrons. The fraction of sp³-hybridized carbons (Fsp3) is 0.929. The molecule has 2 heterocycles. The number of allylic oxidation sites excluding steroid dienone is 1. The molecule has 0 bridgehead atoms. The number of aliphatic hydroxyl groups is 9. The van der Waals surface area contributed by atoms with E-state index in [2.05, 4.69) is 40.7 Å². The summed E-state index contributed by atoms with van der Waals surface area (Å²) in [5.74, 6) is -0.908. The third kappa shape index (κ3) is 6.51. The first kappa shape index (κ1) is 43.8. The van der Waals surface area contributed by atoms with Crippen LogP contribution >= 0.6 is 0 Å². The van der Waals surface area contributed by atoms with Gasteiger partial charge in [-0.1, -0.05) is 53.2 Å². The van der Waals surface area contributed by atoms with E-state index in [4.69, 9.17) is 23.7 Å². The van der Waals surface area contributed by atoms with E-state index in [1.165, 1.54) is 5.57 Å². The summed E-state index contributed by atoms with van der Waals surface area (Å²) in [7, 11) is 1.11. The van der Waals surface area contributed by atoms with Gasteiger partial charge in [0.2, 0.25) is 0 Å². The van der Waals surface area contributed by atoms with Gasteiger partial charge in [0.1, 0.15) is 42.7 Å². The molecule has 4 saturated carbocycles. The van der Waals surface area contributed by atoms with Crippen molar-refractivity contribution in [2.75, 3.05) is 20.3 Å². The Hall–Kier alpha value is -1.31. The van der Waals surface area contributed by atoms with Gasteiger partial charge in [-0.2, -0.15) is 0 Å². The van der Waals surface area contributed by atoms with Gasteiger partial charge in [0.25, 0.3) is 0 Å². The zero-order valence-electron chi connectivity index (χ0n) is 34.5. The molecular weight excluding hydrogens is 744 g/mol. The van der Waals surface area contributed by atoms with Crippen molar-refractivity contribution in [3.63, 3.8) is 0 Å². The Balaban J connectivity index is 1.18. The van der Waals surface area contributed by atoms with Crippen LogP contribution in [0, 0.1) is 44.8 Å². The number of carbonyl (C=O) groups excluding carboxylic acids is 1. The molecule has 5 aliphatic carbocycles. The zero-order valence-corrected chi connectivity index (χ0v) is 34.5. The standard InChI is InChI=1S/C42H68O15/c1-37(2)16-21-20-8-9-24-38(3)12-11-26(39(4,19-44)23(38)10-13-41(24,6)40(20,5)14-15-42(21,52)25(45)17-37)55-36-33(30(49)29(48)32(56-36)34(51)53-7)57-35-31(50)28(47)27(46)22(18-43)54-35/h8,21-33,35-36,43-50,52H,9-19H2,1-7H3. The first-order valence-corrected chi connectivity index (χ1v) is 21.0. The molecule has 0 aromatic carbocycles. The Morgan fingerprint density at radius 3 is 2.14 bits per heavy atom. The van der Waals surface area contributed by atoms with E-state index in [0.29, 0.717) is 25.7 Å². The fourth-order valence-electron chi connectivity index (χ4n) is 13.5. The van der Waals surface area contributed by atoms with Crippen LogP contribution in [0.4, 0.5) is 0 Å². The van der Waals surface area contributed by atoms with Gasteiger partial charge in [0.15, 0.2) is 18.7 Å². The van der Waals surface area contributed by atoms with Gasteiger partial charge in [-0.3, -0.25) is 0 Å². The summed E-state index contributed by atoms with van der Waals surface area (Å²) in [6.07, 6.45) is -9.66. The van der Waals surface area contributed by atoms with Gasteiger partial charge < -0.3 is 69.6 Å². The molecule has 15 nitrogen and oxygen atoms in total. The molecule has 2 saturated heterocycles. The van der Waals surface area contributed by atoms with Crippen LogP contribution in [0.2, 0.25) is 0 Å². The topological polar surface area (TPSA) is 245 Å². The van der Waals surface area contributed by atoms with Crippen molar-refractivity contribution in [2.45, 2.75) is 179 Å². The number of esters is 1. The molecule has 0 aromatic rings. The number of methoxy groups -OCH3 is 1. The lowest BCUT2D eigenvalue weighted by Crippen LogP contribution is -2.68. The summed E-state index contributed by atoms with van der Waals surface area (Å²) in [6, 6.07) is 0. The maximum atomic E-state index is 12.8. The maximum Gasteiger partial charge on any atom is 0.337 e. The smallest absolute Gasteiger partial charge is 0.337 e. The van der Waals surface area contributed by atoms with Crippen molar-refractivity contribution in [3.8, 4) is 0 Å². The molecule has 0 amide bonds. The highest BCUT2D eigenvalue weighted by Gasteiger charge is 2.70. The third-order valence-electron chi connectivity index (χ3n) is 17.1. The van der Waals surface area contributed by atoms with E-state index in [9.17, 15) is 50.8 Å². The van der Waals surface area contributed by atoms with Crippen LogP contribution < -0.4 is 0 Å². The molecule has 7 aliphatic rings. The number of rotatable bonds is 7. The normalized spacial score (nSPS) is 54.7. The molecule has 15 heteroatoms. The van der Waals surface area contributed by atoms with Crippen molar-refractivity contribution in [1.29, 1.82) is 0 Å². The number of aliphatic hydroxyl groups excluding tert-OH is 8. The molecule has 7 rings (SSSR count). The van der Waals surface area contributed by atoms with Crippen LogP contribution in [0.3, 0.4) is 0 Å². The average Bonchev–Trinajstić information content (AvgIpc) is 3.16. The minimum absolute atomic E-state index is 0.0401. The Labute approximate surface area is 335 Å². The second kappa shape index (κ2) is 14.9. The van der Waals surface area contributed by atoms with Crippen molar-refractivity contribution in [2.24, 2.45) is 44.8 Å². The Morgan fingerprint density at radius 2 is 1.49 bits per heavy atom. The first-order valence-electron chi connectivity index (χ1n) is 21.0. The van der Waals surface area contributed by atoms with Gasteiger partial charge in [-0.05, 0) is 91.3 Å². The Bertz CT molecular complexity index is 1540. The third-order valence-corrected chi connectivity index (χ3v) is 17.1. The predicted octanol–water partition coefficient (Wildman–Crippen LogP) is 0.666. The van der Waals surface area contributed by atoms with Crippen molar-refractivity contribution in [1.82, 2.24) is 0 Å². The van der Waals surface area contributed by atoms with E-state index < -0.39 is 97.2 Å². The number of hydrogen-bond acceptors (Lipinski definition) is 15. The van der Waals surface area contributed by atoms with E-state index in [1.807, 2.05) is 6.92 Å². The van der Waals surface area contributed by atoms with Crippen molar-refractivity contribution < 1.29 is 74.4 Å². The average molecular weight is 813 g/mol. The number of fused-ring (bicyclic) bond motifs is 7. The largest absolute Gasteiger partial charge is 0.467 e. The highest BCUT2D eigenvalue weighted by Crippen LogP contribution is 2.75. The first-order chi connectivity index (χ1) is 26.6. The van der Waals surface area contributed by atoms with Crippen LogP contribution in [0.15, 0.2) is 11.6 Å². The molecule has 20 unspecified atom stereocenters. The van der Waals surface area contributed by atoms with Crippen LogP contribution in [0.1, 0.15) is 99.3 Å². The Kier molecular flexibility index (Phi) is 11.5. The fourth-order valence-corrected chi connectivity index (χ4v) is 13.5. The minimum atomic E-state index is -1.86. The van der Waals surface area contributed by atoms with E-state index in [1.54, 1.807) is 0 Å². The van der Waals surface area contributed by atoms with Gasteiger partial charge in [0.05, 0.1) is 38.1 Å². The summed E-state index contributed by atoms with van der Waals surface area (Å²) in [6.45, 7) is 12.5. The number of ether oxygens (including phenoxy) is 5. The molecule has 20 atom stereocenters. The van der Waals surface area contributed by atoms with Gasteiger partial charge >= 0.3 is 5.97 Å². The van der Waals surface area contributed by atoms with Gasteiger partial charge in [-0.15, -0.1) is 0 Å². The highest BCUT2D eigenvalue weighted by atomic mass is 16.8. The summed E-state index contributed by atoms with van der Waals surface area (Å²) >= 11 is 0. The SMILES string of the molecule is COC(=O)C1OC(OC2CCC3(C)C(CCC4(C)C3CC=C3C5CC(C)(C)CC(O)C5(O)CCC34C)C2(C)CO)C(OC2OC(CO)C(O)C(O)C2O)C(O)C1O. The molecule has 326 valence electrons. The van der Waals surface area contributed by atoms with Gasteiger partial charge in [0, 0.05) is 11.3 Å². The molecule has 57 heavy (non-hydrogen) atoms. The molecule has 6 fully saturated rings. The molecular formula is C42H68O15. The molecule has 9 N–H and O–H groups in total. The van der Waals surface area contributed by atoms with Crippen molar-refractivity contribution >= 4 is 5.97 Å². The zero-order chi connectivity index (χ0) is 41.8. The van der Waals surface area contributed by atoms with Crippen LogP contribution in [-0.4, -0.2) is 151 Å². The summed E-state index contributed by atoms with van der Waals surface area (Å²) in [5.41, 5.74) is -1.41. The molecule has 0 aromatic heterocycles. The summed E-state index contributed by atoms with van der Waals surface area (Å²) < 4.78 is 29.1. The lowest BCUT2D eigenvalue weighted by atomic mass is 9.34. The predicted molar refractivity (Wildman–Crippen MR) is 201 cm³/mol. The van der Waals surface area contributed by atoms with Gasteiger partial charge in [-0.25, -0.2) is 4.79 Å². The second-order valence-corrected chi connectivity index (χ2v) is 20.5. The second-order valence-electron chi connectivity index (χ2n) is 20.5. The highest BCUT2D eigenvalue weighted by molar-refractivity contribution is 5.75. The lowest BCUT2D eigenvalue weighted by molar-refractivity contribution is -0.375. The van der Waals surface area contributed by atoms with Crippen molar-refractivity contribution in [3.05, 3.63) is 11.6 Å². The van der Waals surface area contributed by atoms with E-state index in [0.717, 1.165) is 39.2 Å². The van der Waals surface area contributed by atoms with E-state index in [-0.39, 0.29) is 46.0 Å². The molecule has 0 spiro atoms. The number of hydrogen-bond donors (Lipinski definition) is 9. The summed E-state index contributed by atoms with van der Waals surface area (Å²) in [4.78, 5) is 12.8. The quantitative estimate of drug-likeness (QED) is 0.0975. The lowest BCUT2D eigenvalue weighted by Gasteiger charge is -2.71.